The number of nitrogens with zero attached hydrogens (tertiary/aromatic N) is 3. The van der Waals surface area contributed by atoms with E-state index in [-0.39, 0.29) is 41.8 Å². The van der Waals surface area contributed by atoms with Gasteiger partial charge >= 0.3 is 12.1 Å². The van der Waals surface area contributed by atoms with Crippen LogP contribution >= 0.6 is 0 Å². The average Bonchev–Trinajstić information content (AvgIpc) is 2.87. The van der Waals surface area contributed by atoms with Gasteiger partial charge < -0.3 is 4.90 Å². The van der Waals surface area contributed by atoms with Crippen molar-refractivity contribution in [3.05, 3.63) is 0 Å². The summed E-state index contributed by atoms with van der Waals surface area (Å²) in [5, 5.41) is 2.41. The number of carbonyl (C=O) groups is 5. The van der Waals surface area contributed by atoms with Crippen LogP contribution in [0.2, 0.25) is 0 Å². The molecule has 2 saturated carbocycles. The van der Waals surface area contributed by atoms with Crippen LogP contribution in [0.5, 0.6) is 0 Å². The largest absolute Gasteiger partial charge is 0.333 e. The van der Waals surface area contributed by atoms with Crippen LogP contribution in [0.1, 0.15) is 78.6 Å². The molecule has 2 heterocycles. The second-order valence-electron chi connectivity index (χ2n) is 10.1. The fraction of sp³-hybridized carbons (Fsp3) is 0.773. The Labute approximate surface area is 182 Å². The Morgan fingerprint density at radius 1 is 0.968 bits per heavy atom. The zero-order valence-corrected chi connectivity index (χ0v) is 18.6. The van der Waals surface area contributed by atoms with Crippen LogP contribution in [0.3, 0.4) is 0 Å². The minimum absolute atomic E-state index is 0.0402. The molecule has 0 aromatic carbocycles. The van der Waals surface area contributed by atoms with E-state index in [1.54, 1.807) is 18.7 Å². The number of rotatable bonds is 5. The maximum atomic E-state index is 12.9. The number of hydrogen-bond acceptors (Lipinski definition) is 5. The molecular formula is C22H32N4O5. The zero-order valence-electron chi connectivity index (χ0n) is 18.6. The molecule has 170 valence electrons. The van der Waals surface area contributed by atoms with Gasteiger partial charge in [-0.05, 0) is 64.2 Å². The smallest absolute Gasteiger partial charge is 0.307 e. The van der Waals surface area contributed by atoms with E-state index in [0.29, 0.717) is 19.4 Å². The van der Waals surface area contributed by atoms with E-state index in [9.17, 15) is 24.0 Å². The van der Waals surface area contributed by atoms with E-state index >= 15 is 0 Å². The Kier molecular flexibility index (Phi) is 5.34. The van der Waals surface area contributed by atoms with E-state index in [4.69, 9.17) is 0 Å². The Hall–Kier alpha value is -2.45. The standard InChI is InChI=1S/C22H32N4O5/c1-4-5-10-24-16(27)11-17(28)25(20(24)31)14-6-8-22(9-7-14)12-15(13-22)26-19(30)23-18(29)21(26,2)3/h14-15H,4-13H2,1-3H3,(H,23,29,30). The van der Waals surface area contributed by atoms with Crippen molar-refractivity contribution < 1.29 is 24.0 Å². The van der Waals surface area contributed by atoms with Gasteiger partial charge in [0.15, 0.2) is 0 Å². The number of urea groups is 2. The number of nitrogens with one attached hydrogen (secondary N) is 1. The van der Waals surface area contributed by atoms with Crippen LogP contribution in [0.15, 0.2) is 0 Å². The van der Waals surface area contributed by atoms with Gasteiger partial charge in [-0.1, -0.05) is 13.3 Å². The lowest BCUT2D eigenvalue weighted by Gasteiger charge is -2.56. The summed E-state index contributed by atoms with van der Waals surface area (Å²) < 4.78 is 0. The Balaban J connectivity index is 1.37. The van der Waals surface area contributed by atoms with Gasteiger partial charge in [-0.25, -0.2) is 9.59 Å². The highest BCUT2D eigenvalue weighted by atomic mass is 16.2. The summed E-state index contributed by atoms with van der Waals surface area (Å²) in [5.41, 5.74) is -0.732. The predicted molar refractivity (Wildman–Crippen MR) is 111 cm³/mol. The van der Waals surface area contributed by atoms with Gasteiger partial charge in [0, 0.05) is 18.6 Å². The number of hydrogen-bond donors (Lipinski definition) is 1. The van der Waals surface area contributed by atoms with Crippen molar-refractivity contribution in [2.45, 2.75) is 96.2 Å². The van der Waals surface area contributed by atoms with E-state index in [2.05, 4.69) is 5.32 Å². The molecule has 1 spiro atoms. The summed E-state index contributed by atoms with van der Waals surface area (Å²) >= 11 is 0. The summed E-state index contributed by atoms with van der Waals surface area (Å²) in [6, 6.07) is -0.908. The summed E-state index contributed by atoms with van der Waals surface area (Å²) in [6.45, 7) is 5.91. The third-order valence-electron chi connectivity index (χ3n) is 7.73. The van der Waals surface area contributed by atoms with Gasteiger partial charge in [-0.3, -0.25) is 29.5 Å². The minimum atomic E-state index is -0.832. The first-order valence-electron chi connectivity index (χ1n) is 11.4. The van der Waals surface area contributed by atoms with E-state index in [1.165, 1.54) is 9.80 Å². The summed E-state index contributed by atoms with van der Waals surface area (Å²) in [4.78, 5) is 66.1. The fourth-order valence-corrected chi connectivity index (χ4v) is 5.85. The summed E-state index contributed by atoms with van der Waals surface area (Å²) in [5.74, 6) is -1.04. The van der Waals surface area contributed by atoms with Crippen molar-refractivity contribution in [1.82, 2.24) is 20.0 Å². The predicted octanol–water partition coefficient (Wildman–Crippen LogP) is 2.39. The molecule has 7 amide bonds. The second-order valence-corrected chi connectivity index (χ2v) is 10.1. The van der Waals surface area contributed by atoms with Crippen LogP contribution in [0.4, 0.5) is 9.59 Å². The lowest BCUT2D eigenvalue weighted by atomic mass is 9.57. The van der Waals surface area contributed by atoms with Crippen molar-refractivity contribution >= 4 is 29.8 Å². The number of imide groups is 3. The van der Waals surface area contributed by atoms with Crippen molar-refractivity contribution in [2.75, 3.05) is 6.54 Å². The second kappa shape index (κ2) is 7.60. The molecule has 31 heavy (non-hydrogen) atoms. The molecule has 2 aliphatic heterocycles. The summed E-state index contributed by atoms with van der Waals surface area (Å²) in [7, 11) is 0. The third kappa shape index (κ3) is 3.51. The molecule has 1 N–H and O–H groups in total. The van der Waals surface area contributed by atoms with Crippen LogP contribution in [-0.2, 0) is 14.4 Å². The molecule has 0 aromatic rings. The summed E-state index contributed by atoms with van der Waals surface area (Å²) in [6.07, 6.45) is 6.23. The molecule has 0 radical (unpaired) electrons. The third-order valence-corrected chi connectivity index (χ3v) is 7.73. The molecular weight excluding hydrogens is 400 g/mol. The number of amides is 7. The Bertz CT molecular complexity index is 822. The first-order valence-corrected chi connectivity index (χ1v) is 11.4. The van der Waals surface area contributed by atoms with Crippen molar-refractivity contribution in [3.63, 3.8) is 0 Å². The molecule has 4 fully saturated rings. The Morgan fingerprint density at radius 2 is 1.61 bits per heavy atom. The van der Waals surface area contributed by atoms with E-state index < -0.39 is 17.5 Å². The van der Waals surface area contributed by atoms with Crippen molar-refractivity contribution in [3.8, 4) is 0 Å². The van der Waals surface area contributed by atoms with E-state index in [1.807, 2.05) is 6.92 Å². The topological polar surface area (TPSA) is 107 Å². The fourth-order valence-electron chi connectivity index (χ4n) is 5.85. The first-order chi connectivity index (χ1) is 14.6. The molecule has 0 unspecified atom stereocenters. The van der Waals surface area contributed by atoms with Crippen LogP contribution in [0, 0.1) is 5.41 Å². The van der Waals surface area contributed by atoms with Gasteiger partial charge in [0.2, 0.25) is 11.8 Å². The maximum absolute atomic E-state index is 12.9. The quantitative estimate of drug-likeness (QED) is 0.530. The van der Waals surface area contributed by atoms with Gasteiger partial charge in [-0.2, -0.15) is 0 Å². The SMILES string of the molecule is CCCCN1C(=O)CC(=O)N(C2CCC3(CC2)CC(N2C(=O)NC(=O)C2(C)C)C3)C1=O. The average molecular weight is 433 g/mol. The number of carbonyl (C=O) groups excluding carboxylic acids is 5. The number of barbiturate groups is 1. The normalized spacial score (nSPS) is 33.3. The van der Waals surface area contributed by atoms with Gasteiger partial charge in [0.1, 0.15) is 12.0 Å². The highest BCUT2D eigenvalue weighted by Gasteiger charge is 2.57. The monoisotopic (exact) mass is 432 g/mol. The Morgan fingerprint density at radius 3 is 2.16 bits per heavy atom. The lowest BCUT2D eigenvalue weighted by Crippen LogP contribution is -2.61. The van der Waals surface area contributed by atoms with Crippen molar-refractivity contribution in [1.29, 1.82) is 0 Å². The van der Waals surface area contributed by atoms with Crippen LogP contribution < -0.4 is 5.32 Å². The molecule has 0 bridgehead atoms. The van der Waals surface area contributed by atoms with Gasteiger partial charge in [0.05, 0.1) is 0 Å². The lowest BCUT2D eigenvalue weighted by molar-refractivity contribution is -0.145. The van der Waals surface area contributed by atoms with Crippen molar-refractivity contribution in [2.24, 2.45) is 5.41 Å². The van der Waals surface area contributed by atoms with Gasteiger partial charge in [-0.15, -0.1) is 0 Å². The molecule has 9 nitrogen and oxygen atoms in total. The molecule has 2 saturated heterocycles. The van der Waals surface area contributed by atoms with E-state index in [0.717, 1.165) is 38.5 Å². The van der Waals surface area contributed by atoms with Crippen LogP contribution in [-0.4, -0.2) is 68.7 Å². The highest BCUT2D eigenvalue weighted by molar-refractivity contribution is 6.14. The molecule has 4 aliphatic rings. The maximum Gasteiger partial charge on any atom is 0.333 e. The molecule has 0 atom stereocenters. The zero-order chi connectivity index (χ0) is 22.6. The first kappa shape index (κ1) is 21.8. The number of unbranched alkanes of at least 4 members (excludes halogenated alkanes) is 1. The molecule has 9 heteroatoms. The highest BCUT2D eigenvalue weighted by Crippen LogP contribution is 2.55. The molecule has 2 aliphatic carbocycles. The van der Waals surface area contributed by atoms with Crippen LogP contribution in [0.25, 0.3) is 0 Å². The molecule has 0 aromatic heterocycles. The minimum Gasteiger partial charge on any atom is -0.307 e. The molecule has 4 rings (SSSR count). The van der Waals surface area contributed by atoms with Gasteiger partial charge in [0.25, 0.3) is 5.91 Å².